The molecule has 0 atom stereocenters. The number of ether oxygens (including phenoxy) is 1. The van der Waals surface area contributed by atoms with E-state index in [-0.39, 0.29) is 34.7 Å². The van der Waals surface area contributed by atoms with Gasteiger partial charge in [-0.1, -0.05) is 17.3 Å². The summed E-state index contributed by atoms with van der Waals surface area (Å²) in [6, 6.07) is 11.9. The summed E-state index contributed by atoms with van der Waals surface area (Å²) in [5.74, 6) is 0.624. The van der Waals surface area contributed by atoms with Crippen LogP contribution in [0, 0.1) is 10.1 Å². The van der Waals surface area contributed by atoms with Gasteiger partial charge in [-0.15, -0.1) is 5.10 Å². The van der Waals surface area contributed by atoms with Crippen LogP contribution in [0.3, 0.4) is 0 Å². The van der Waals surface area contributed by atoms with Gasteiger partial charge < -0.3 is 4.74 Å². The van der Waals surface area contributed by atoms with Crippen LogP contribution in [-0.2, 0) is 6.54 Å². The Morgan fingerprint density at radius 2 is 1.79 bits per heavy atom. The average Bonchev–Trinajstić information content (AvgIpc) is 3.03. The molecule has 7 nitrogen and oxygen atoms in total. The third kappa shape index (κ3) is 4.60. The monoisotopic (exact) mass is 410 g/mol. The predicted octanol–water partition coefficient (Wildman–Crippen LogP) is 4.52. The van der Waals surface area contributed by atoms with Gasteiger partial charge in [-0.2, -0.15) is 13.2 Å². The number of aromatic nitrogens is 3. The third-order valence-corrected chi connectivity index (χ3v) is 4.57. The van der Waals surface area contributed by atoms with E-state index in [2.05, 4.69) is 10.3 Å². The van der Waals surface area contributed by atoms with Crippen LogP contribution in [0.5, 0.6) is 5.75 Å². The zero-order valence-corrected chi connectivity index (χ0v) is 15.2. The van der Waals surface area contributed by atoms with Gasteiger partial charge in [0.25, 0.3) is 5.69 Å². The second-order valence-electron chi connectivity index (χ2n) is 5.60. The van der Waals surface area contributed by atoms with Crippen LogP contribution in [0.15, 0.2) is 53.6 Å². The highest BCUT2D eigenvalue weighted by molar-refractivity contribution is 8.00. The summed E-state index contributed by atoms with van der Waals surface area (Å²) in [6.07, 6.45) is 0. The normalized spacial score (nSPS) is 11.4. The molecule has 2 aromatic carbocycles. The van der Waals surface area contributed by atoms with Crippen molar-refractivity contribution in [2.45, 2.75) is 17.1 Å². The van der Waals surface area contributed by atoms with Crippen molar-refractivity contribution in [3.63, 3.8) is 0 Å². The molecule has 146 valence electrons. The number of hydrogen-bond donors (Lipinski definition) is 0. The smallest absolute Gasteiger partial charge is 0.447 e. The molecule has 0 fully saturated rings. The third-order valence-electron chi connectivity index (χ3n) is 3.75. The first-order valence-electron chi connectivity index (χ1n) is 7.84. The number of nitro benzene ring substituents is 1. The molecule has 0 amide bonds. The van der Waals surface area contributed by atoms with E-state index in [0.717, 1.165) is 4.68 Å². The molecule has 3 rings (SSSR count). The maximum atomic E-state index is 13.1. The van der Waals surface area contributed by atoms with Gasteiger partial charge in [0.2, 0.25) is 0 Å². The van der Waals surface area contributed by atoms with Crippen molar-refractivity contribution in [3.8, 4) is 17.0 Å². The number of benzene rings is 2. The summed E-state index contributed by atoms with van der Waals surface area (Å²) in [5, 5.41) is 18.3. The molecule has 0 spiro atoms. The van der Waals surface area contributed by atoms with Gasteiger partial charge in [0.05, 0.1) is 18.6 Å². The second kappa shape index (κ2) is 7.89. The lowest BCUT2D eigenvalue weighted by Crippen LogP contribution is -2.08. The lowest BCUT2D eigenvalue weighted by molar-refractivity contribution is -0.384. The Kier molecular flexibility index (Phi) is 5.54. The summed E-state index contributed by atoms with van der Waals surface area (Å²) in [5.41, 5.74) is -3.69. The highest BCUT2D eigenvalue weighted by Crippen LogP contribution is 2.41. The quantitative estimate of drug-likeness (QED) is 0.338. The van der Waals surface area contributed by atoms with Gasteiger partial charge in [-0.3, -0.25) is 10.1 Å². The highest BCUT2D eigenvalue weighted by atomic mass is 32.2. The maximum Gasteiger partial charge on any atom is 0.447 e. The predicted molar refractivity (Wildman–Crippen MR) is 96.1 cm³/mol. The number of nitro groups is 1. The summed E-state index contributed by atoms with van der Waals surface area (Å²) in [6.45, 7) is 0.0718. The van der Waals surface area contributed by atoms with E-state index >= 15 is 0 Å². The van der Waals surface area contributed by atoms with Gasteiger partial charge in [0, 0.05) is 29.5 Å². The van der Waals surface area contributed by atoms with E-state index < -0.39 is 10.4 Å². The Bertz CT molecular complexity index is 973. The number of halogens is 3. The van der Waals surface area contributed by atoms with E-state index in [1.165, 1.54) is 31.4 Å². The molecule has 0 aliphatic heterocycles. The highest BCUT2D eigenvalue weighted by Gasteiger charge is 2.34. The van der Waals surface area contributed by atoms with Crippen LogP contribution in [0.4, 0.5) is 18.9 Å². The molecule has 3 aromatic rings. The Balaban J connectivity index is 1.97. The van der Waals surface area contributed by atoms with Crippen LogP contribution in [0.25, 0.3) is 11.3 Å². The number of non-ortho nitro benzene ring substituents is 1. The molecule has 28 heavy (non-hydrogen) atoms. The maximum absolute atomic E-state index is 13.1. The largest absolute Gasteiger partial charge is 0.497 e. The zero-order chi connectivity index (χ0) is 20.3. The van der Waals surface area contributed by atoms with Crippen molar-refractivity contribution in [3.05, 3.63) is 64.2 Å². The molecule has 0 aliphatic carbocycles. The second-order valence-corrected chi connectivity index (χ2v) is 6.65. The molecule has 0 bridgehead atoms. The number of rotatable bonds is 6. The Labute approximate surface area is 161 Å². The average molecular weight is 410 g/mol. The molecular weight excluding hydrogens is 397 g/mol. The molecule has 0 aliphatic rings. The summed E-state index contributed by atoms with van der Waals surface area (Å²) >= 11 is -0.328. The fourth-order valence-corrected chi connectivity index (χ4v) is 3.13. The molecule has 0 saturated heterocycles. The molecule has 1 heterocycles. The lowest BCUT2D eigenvalue weighted by Gasteiger charge is -2.10. The molecule has 0 N–H and O–H groups in total. The van der Waals surface area contributed by atoms with Crippen LogP contribution in [-0.4, -0.2) is 32.5 Å². The van der Waals surface area contributed by atoms with Crippen molar-refractivity contribution in [1.82, 2.24) is 15.0 Å². The first-order chi connectivity index (χ1) is 13.3. The SMILES string of the molecule is COc1ccc(Cn2nnc(-c3ccc([N+](=O)[O-])cc3)c2SC(F)(F)F)cc1. The van der Waals surface area contributed by atoms with E-state index in [1.807, 2.05) is 0 Å². The van der Waals surface area contributed by atoms with Gasteiger partial charge >= 0.3 is 5.51 Å². The molecular formula is C17H13F3N4O3S. The van der Waals surface area contributed by atoms with Crippen molar-refractivity contribution in [1.29, 1.82) is 0 Å². The summed E-state index contributed by atoms with van der Waals surface area (Å²) in [4.78, 5) is 10.2. The van der Waals surface area contributed by atoms with Crippen molar-refractivity contribution >= 4 is 17.4 Å². The molecule has 11 heteroatoms. The van der Waals surface area contributed by atoms with Crippen LogP contribution in [0.2, 0.25) is 0 Å². The summed E-state index contributed by atoms with van der Waals surface area (Å²) in [7, 11) is 1.51. The Hall–Kier alpha value is -3.08. The molecule has 0 unspecified atom stereocenters. The van der Waals surface area contributed by atoms with Crippen molar-refractivity contribution in [2.24, 2.45) is 0 Å². The fraction of sp³-hybridized carbons (Fsp3) is 0.176. The molecule has 1 aromatic heterocycles. The van der Waals surface area contributed by atoms with E-state index in [4.69, 9.17) is 4.74 Å². The first kappa shape index (κ1) is 19.7. The Morgan fingerprint density at radius 1 is 1.14 bits per heavy atom. The minimum absolute atomic E-state index is 0.00531. The van der Waals surface area contributed by atoms with Gasteiger partial charge in [-0.05, 0) is 29.8 Å². The van der Waals surface area contributed by atoms with Gasteiger partial charge in [0.15, 0.2) is 0 Å². The van der Waals surface area contributed by atoms with Crippen molar-refractivity contribution in [2.75, 3.05) is 7.11 Å². The molecule has 0 radical (unpaired) electrons. The van der Waals surface area contributed by atoms with Gasteiger partial charge in [0.1, 0.15) is 16.5 Å². The van der Waals surface area contributed by atoms with E-state index in [1.54, 1.807) is 24.3 Å². The zero-order valence-electron chi connectivity index (χ0n) is 14.4. The number of nitrogens with zero attached hydrogens (tertiary/aromatic N) is 4. The standard InChI is InChI=1S/C17H13F3N4O3S/c1-27-14-8-2-11(3-9-14)10-23-16(28-17(18,19)20)15(21-22-23)12-4-6-13(7-5-12)24(25)26/h2-9H,10H2,1H3. The number of alkyl halides is 3. The number of methoxy groups -OCH3 is 1. The lowest BCUT2D eigenvalue weighted by atomic mass is 10.1. The Morgan fingerprint density at radius 3 is 2.32 bits per heavy atom. The first-order valence-corrected chi connectivity index (χ1v) is 8.65. The topological polar surface area (TPSA) is 83.1 Å². The van der Waals surface area contributed by atoms with Crippen LogP contribution < -0.4 is 4.74 Å². The van der Waals surface area contributed by atoms with E-state index in [0.29, 0.717) is 16.9 Å². The minimum Gasteiger partial charge on any atom is -0.497 e. The van der Waals surface area contributed by atoms with Gasteiger partial charge in [-0.25, -0.2) is 4.68 Å². The van der Waals surface area contributed by atoms with Crippen LogP contribution >= 0.6 is 11.8 Å². The minimum atomic E-state index is -4.55. The van der Waals surface area contributed by atoms with Crippen molar-refractivity contribution < 1.29 is 22.8 Å². The fourth-order valence-electron chi connectivity index (χ4n) is 2.44. The number of thioether (sulfide) groups is 1. The van der Waals surface area contributed by atoms with Crippen LogP contribution in [0.1, 0.15) is 5.56 Å². The van der Waals surface area contributed by atoms with E-state index in [9.17, 15) is 23.3 Å². The molecule has 0 saturated carbocycles. The summed E-state index contributed by atoms with van der Waals surface area (Å²) < 4.78 is 45.5. The number of hydrogen-bond acceptors (Lipinski definition) is 6.